The molecule has 0 spiro atoms. The van der Waals surface area contributed by atoms with Gasteiger partial charge >= 0.3 is 0 Å². The van der Waals surface area contributed by atoms with Crippen LogP contribution >= 0.6 is 0 Å². The SMILES string of the molecule is COc1ccc2ccccc2c1CNCc1c(C)nn(C)c1N(C)C. The average molecular weight is 338 g/mol. The first-order chi connectivity index (χ1) is 12.0. The summed E-state index contributed by atoms with van der Waals surface area (Å²) in [6.07, 6.45) is 0. The van der Waals surface area contributed by atoms with Gasteiger partial charge in [-0.3, -0.25) is 4.68 Å². The van der Waals surface area contributed by atoms with Crippen LogP contribution in [0, 0.1) is 6.92 Å². The van der Waals surface area contributed by atoms with Crippen molar-refractivity contribution in [3.05, 3.63) is 53.2 Å². The number of hydrogen-bond acceptors (Lipinski definition) is 4. The van der Waals surface area contributed by atoms with Gasteiger partial charge in [-0.1, -0.05) is 30.3 Å². The quantitative estimate of drug-likeness (QED) is 0.749. The first-order valence-corrected chi connectivity index (χ1v) is 8.48. The van der Waals surface area contributed by atoms with Crippen molar-refractivity contribution in [1.82, 2.24) is 15.1 Å². The molecule has 0 aliphatic carbocycles. The minimum Gasteiger partial charge on any atom is -0.496 e. The highest BCUT2D eigenvalue weighted by Crippen LogP contribution is 2.28. The Kier molecular flexibility index (Phi) is 4.95. The normalized spacial score (nSPS) is 11.1. The molecular weight excluding hydrogens is 312 g/mol. The van der Waals surface area contributed by atoms with Crippen molar-refractivity contribution >= 4 is 16.6 Å². The number of methoxy groups -OCH3 is 1. The highest BCUT2D eigenvalue weighted by molar-refractivity contribution is 5.87. The van der Waals surface area contributed by atoms with E-state index in [2.05, 4.69) is 52.6 Å². The van der Waals surface area contributed by atoms with Crippen molar-refractivity contribution in [2.24, 2.45) is 7.05 Å². The fourth-order valence-corrected chi connectivity index (χ4v) is 3.46. The minimum absolute atomic E-state index is 0.742. The number of nitrogens with one attached hydrogen (secondary N) is 1. The Labute approximate surface area is 149 Å². The molecule has 1 heterocycles. The number of aryl methyl sites for hydroxylation is 2. The van der Waals surface area contributed by atoms with Gasteiger partial charge in [0.05, 0.1) is 12.8 Å². The Hall–Kier alpha value is -2.53. The minimum atomic E-state index is 0.742. The van der Waals surface area contributed by atoms with Crippen molar-refractivity contribution < 1.29 is 4.74 Å². The first kappa shape index (κ1) is 17.3. The van der Waals surface area contributed by atoms with E-state index in [9.17, 15) is 0 Å². The molecule has 1 N–H and O–H groups in total. The molecular formula is C20H26N4O. The fourth-order valence-electron chi connectivity index (χ4n) is 3.46. The molecule has 0 radical (unpaired) electrons. The summed E-state index contributed by atoms with van der Waals surface area (Å²) in [5.41, 5.74) is 3.48. The predicted octanol–water partition coefficient (Wildman–Crippen LogP) is 3.25. The van der Waals surface area contributed by atoms with Crippen LogP contribution in [0.3, 0.4) is 0 Å². The molecule has 3 rings (SSSR count). The summed E-state index contributed by atoms with van der Waals surface area (Å²) in [6.45, 7) is 3.56. The van der Waals surface area contributed by atoms with Gasteiger partial charge in [-0.25, -0.2) is 0 Å². The topological polar surface area (TPSA) is 42.3 Å². The molecule has 0 saturated heterocycles. The molecule has 0 bridgehead atoms. The van der Waals surface area contributed by atoms with E-state index >= 15 is 0 Å². The van der Waals surface area contributed by atoms with Crippen molar-refractivity contribution in [3.63, 3.8) is 0 Å². The van der Waals surface area contributed by atoms with Gasteiger partial charge in [0.15, 0.2) is 0 Å². The van der Waals surface area contributed by atoms with E-state index < -0.39 is 0 Å². The van der Waals surface area contributed by atoms with E-state index in [1.807, 2.05) is 31.9 Å². The van der Waals surface area contributed by atoms with E-state index in [-0.39, 0.29) is 0 Å². The molecule has 25 heavy (non-hydrogen) atoms. The van der Waals surface area contributed by atoms with Crippen LogP contribution in [0.4, 0.5) is 5.82 Å². The predicted molar refractivity (Wildman–Crippen MR) is 103 cm³/mol. The summed E-state index contributed by atoms with van der Waals surface area (Å²) in [6, 6.07) is 12.6. The highest BCUT2D eigenvalue weighted by Gasteiger charge is 2.15. The summed E-state index contributed by atoms with van der Waals surface area (Å²) in [7, 11) is 7.81. The van der Waals surface area contributed by atoms with E-state index in [1.54, 1.807) is 7.11 Å². The summed E-state index contributed by atoms with van der Waals surface area (Å²) < 4.78 is 7.52. The van der Waals surface area contributed by atoms with Crippen LogP contribution in [0.1, 0.15) is 16.8 Å². The van der Waals surface area contributed by atoms with Crippen molar-refractivity contribution in [1.29, 1.82) is 0 Å². The first-order valence-electron chi connectivity index (χ1n) is 8.48. The Morgan fingerprint density at radius 3 is 2.52 bits per heavy atom. The smallest absolute Gasteiger partial charge is 0.130 e. The summed E-state index contributed by atoms with van der Waals surface area (Å²) >= 11 is 0. The zero-order valence-electron chi connectivity index (χ0n) is 15.6. The lowest BCUT2D eigenvalue weighted by Crippen LogP contribution is -2.19. The van der Waals surface area contributed by atoms with Crippen LogP contribution in [0.15, 0.2) is 36.4 Å². The third kappa shape index (κ3) is 3.33. The van der Waals surface area contributed by atoms with Gasteiger partial charge in [-0.2, -0.15) is 5.10 Å². The maximum atomic E-state index is 5.58. The molecule has 0 aliphatic heterocycles. The molecule has 2 aromatic carbocycles. The lowest BCUT2D eigenvalue weighted by molar-refractivity contribution is 0.408. The van der Waals surface area contributed by atoms with Crippen LogP contribution in [-0.4, -0.2) is 31.0 Å². The number of nitrogens with zero attached hydrogens (tertiary/aromatic N) is 3. The largest absolute Gasteiger partial charge is 0.496 e. The third-order valence-corrected chi connectivity index (χ3v) is 4.56. The molecule has 1 aromatic heterocycles. The van der Waals surface area contributed by atoms with Gasteiger partial charge in [0.1, 0.15) is 11.6 Å². The molecule has 0 atom stereocenters. The zero-order valence-corrected chi connectivity index (χ0v) is 15.6. The number of benzene rings is 2. The third-order valence-electron chi connectivity index (χ3n) is 4.56. The second kappa shape index (κ2) is 7.15. The summed E-state index contributed by atoms with van der Waals surface area (Å²) in [4.78, 5) is 2.11. The van der Waals surface area contributed by atoms with Gasteiger partial charge in [0.2, 0.25) is 0 Å². The number of hydrogen-bond donors (Lipinski definition) is 1. The molecule has 5 nitrogen and oxygen atoms in total. The lowest BCUT2D eigenvalue weighted by atomic mass is 10.0. The van der Waals surface area contributed by atoms with Gasteiger partial charge in [0.25, 0.3) is 0 Å². The maximum absolute atomic E-state index is 5.58. The molecule has 3 aromatic rings. The van der Waals surface area contributed by atoms with Crippen LogP contribution < -0.4 is 15.0 Å². The number of rotatable bonds is 6. The van der Waals surface area contributed by atoms with Gasteiger partial charge in [-0.05, 0) is 23.8 Å². The Morgan fingerprint density at radius 1 is 1.08 bits per heavy atom. The average Bonchev–Trinajstić information content (AvgIpc) is 2.88. The molecule has 0 saturated carbocycles. The number of ether oxygens (including phenoxy) is 1. The summed E-state index contributed by atoms with van der Waals surface area (Å²) in [5.74, 6) is 2.05. The monoisotopic (exact) mass is 338 g/mol. The second-order valence-corrected chi connectivity index (χ2v) is 6.48. The number of anilines is 1. The van der Waals surface area contributed by atoms with Crippen LogP contribution in [-0.2, 0) is 20.1 Å². The molecule has 132 valence electrons. The molecule has 0 amide bonds. The maximum Gasteiger partial charge on any atom is 0.130 e. The summed E-state index contributed by atoms with van der Waals surface area (Å²) in [5, 5.41) is 10.6. The standard InChI is InChI=1S/C20H26N4O/c1-14-17(20(23(2)3)24(4)22-14)12-21-13-18-16-9-7-6-8-15(16)10-11-19(18)25-5/h6-11,21H,12-13H2,1-5H3. The van der Waals surface area contributed by atoms with E-state index in [0.29, 0.717) is 0 Å². The van der Waals surface area contributed by atoms with Crippen molar-refractivity contribution in [3.8, 4) is 5.75 Å². The molecule has 5 heteroatoms. The van der Waals surface area contributed by atoms with E-state index in [4.69, 9.17) is 4.74 Å². The number of aromatic nitrogens is 2. The van der Waals surface area contributed by atoms with Crippen LogP contribution in [0.5, 0.6) is 5.75 Å². The fraction of sp³-hybridized carbons (Fsp3) is 0.350. The second-order valence-electron chi connectivity index (χ2n) is 6.48. The van der Waals surface area contributed by atoms with E-state index in [0.717, 1.165) is 30.4 Å². The lowest BCUT2D eigenvalue weighted by Gasteiger charge is -2.17. The van der Waals surface area contributed by atoms with Crippen LogP contribution in [0.2, 0.25) is 0 Å². The Bertz CT molecular complexity index is 883. The van der Waals surface area contributed by atoms with Gasteiger partial charge < -0.3 is 15.0 Å². The zero-order chi connectivity index (χ0) is 18.0. The number of fused-ring (bicyclic) bond motifs is 1. The Balaban J connectivity index is 1.85. The van der Waals surface area contributed by atoms with E-state index in [1.165, 1.54) is 21.9 Å². The van der Waals surface area contributed by atoms with Crippen molar-refractivity contribution in [2.45, 2.75) is 20.0 Å². The highest BCUT2D eigenvalue weighted by atomic mass is 16.5. The van der Waals surface area contributed by atoms with Gasteiger partial charge in [-0.15, -0.1) is 0 Å². The Morgan fingerprint density at radius 2 is 1.80 bits per heavy atom. The van der Waals surface area contributed by atoms with Gasteiger partial charge in [0, 0.05) is 45.4 Å². The molecule has 0 unspecified atom stereocenters. The van der Waals surface area contributed by atoms with Crippen molar-refractivity contribution in [2.75, 3.05) is 26.1 Å². The molecule has 0 fully saturated rings. The van der Waals surface area contributed by atoms with Crippen LogP contribution in [0.25, 0.3) is 10.8 Å². The molecule has 0 aliphatic rings.